The molecule has 2 aliphatic rings. The van der Waals surface area contributed by atoms with E-state index in [1.165, 1.54) is 55.3 Å². The van der Waals surface area contributed by atoms with Gasteiger partial charge in [-0.05, 0) is 49.4 Å². The zero-order valence-corrected chi connectivity index (χ0v) is 14.4. The van der Waals surface area contributed by atoms with Crippen LogP contribution in [-0.4, -0.2) is 26.7 Å². The second kappa shape index (κ2) is 6.60. The Kier molecular flexibility index (Phi) is 4.34. The lowest BCUT2D eigenvalue weighted by atomic mass is 9.95. The van der Waals surface area contributed by atoms with Gasteiger partial charge in [-0.25, -0.2) is 0 Å². The van der Waals surface area contributed by atoms with Crippen molar-refractivity contribution in [1.29, 1.82) is 5.26 Å². The highest BCUT2D eigenvalue weighted by molar-refractivity contribution is 7.98. The van der Waals surface area contributed by atoms with Gasteiger partial charge in [-0.15, -0.1) is 0 Å². The van der Waals surface area contributed by atoms with Crippen LogP contribution in [0.25, 0.3) is 0 Å². The van der Waals surface area contributed by atoms with E-state index in [1.807, 2.05) is 24.3 Å². The summed E-state index contributed by atoms with van der Waals surface area (Å²) in [6.45, 7) is 2.45. The average Bonchev–Trinajstić information content (AvgIpc) is 3.21. The molecule has 3 atom stereocenters. The lowest BCUT2D eigenvalue weighted by Gasteiger charge is -2.31. The fourth-order valence-corrected chi connectivity index (χ4v) is 5.28. The van der Waals surface area contributed by atoms with Crippen LogP contribution < -0.4 is 0 Å². The lowest BCUT2D eigenvalue weighted by molar-refractivity contribution is 0.177. The third-order valence-electron chi connectivity index (χ3n) is 4.86. The first-order valence-corrected chi connectivity index (χ1v) is 9.73. The standard InChI is InChI=1S/C17H18N4S2/c18-9-12-1-3-14(4-2-12)11-22-17-16(19-23-20-17)15-6-5-13-7-8-21(15)10-13/h1-4,13,15H,5-8,10-11H2. The third-order valence-corrected chi connectivity index (χ3v) is 6.57. The molecule has 0 radical (unpaired) electrons. The summed E-state index contributed by atoms with van der Waals surface area (Å²) in [6, 6.07) is 10.4. The van der Waals surface area contributed by atoms with Crippen molar-refractivity contribution in [2.24, 2.45) is 5.92 Å². The molecule has 0 saturated carbocycles. The zero-order chi connectivity index (χ0) is 15.6. The molecule has 2 aliphatic heterocycles. The van der Waals surface area contributed by atoms with E-state index in [0.29, 0.717) is 11.6 Å². The van der Waals surface area contributed by atoms with E-state index >= 15 is 0 Å². The monoisotopic (exact) mass is 342 g/mol. The molecule has 0 N–H and O–H groups in total. The minimum Gasteiger partial charge on any atom is -0.294 e. The largest absolute Gasteiger partial charge is 0.294 e. The third kappa shape index (κ3) is 3.14. The number of nitrogens with zero attached hydrogens (tertiary/aromatic N) is 4. The molecule has 6 heteroatoms. The quantitative estimate of drug-likeness (QED) is 0.790. The normalized spacial score (nSPS) is 26.1. The van der Waals surface area contributed by atoms with E-state index in [0.717, 1.165) is 16.7 Å². The molecule has 2 aromatic rings. The number of benzene rings is 1. The minimum absolute atomic E-state index is 0.468. The second-order valence-electron chi connectivity index (χ2n) is 6.29. The molecular formula is C17H18N4S2. The van der Waals surface area contributed by atoms with E-state index in [9.17, 15) is 0 Å². The predicted molar refractivity (Wildman–Crippen MR) is 92.3 cm³/mol. The number of thioether (sulfide) groups is 1. The highest BCUT2D eigenvalue weighted by Crippen LogP contribution is 2.41. The summed E-state index contributed by atoms with van der Waals surface area (Å²) in [6.07, 6.45) is 3.90. The van der Waals surface area contributed by atoms with Crippen molar-refractivity contribution in [1.82, 2.24) is 13.6 Å². The zero-order valence-electron chi connectivity index (χ0n) is 12.8. The molecule has 1 aromatic heterocycles. The number of hydrogen-bond donors (Lipinski definition) is 0. The van der Waals surface area contributed by atoms with E-state index in [2.05, 4.69) is 19.7 Å². The van der Waals surface area contributed by atoms with Crippen molar-refractivity contribution in [2.75, 3.05) is 13.1 Å². The Labute approximate surface area is 144 Å². The van der Waals surface area contributed by atoms with Gasteiger partial charge in [0.1, 0.15) is 10.7 Å². The summed E-state index contributed by atoms with van der Waals surface area (Å²) in [5.74, 6) is 1.78. The predicted octanol–water partition coefficient (Wildman–Crippen LogP) is 3.86. The molecule has 4 nitrogen and oxygen atoms in total. The number of fused-ring (bicyclic) bond motifs is 2. The summed E-state index contributed by atoms with van der Waals surface area (Å²) < 4.78 is 9.16. The molecule has 118 valence electrons. The van der Waals surface area contributed by atoms with Gasteiger partial charge in [0.25, 0.3) is 0 Å². The molecule has 0 spiro atoms. The van der Waals surface area contributed by atoms with E-state index in [-0.39, 0.29) is 0 Å². The summed E-state index contributed by atoms with van der Waals surface area (Å²) in [4.78, 5) is 2.59. The Balaban J connectivity index is 1.45. The molecule has 4 rings (SSSR count). The lowest BCUT2D eigenvalue weighted by Crippen LogP contribution is -2.31. The summed E-state index contributed by atoms with van der Waals surface area (Å²) in [7, 11) is 0. The summed E-state index contributed by atoms with van der Waals surface area (Å²) in [5.41, 5.74) is 3.12. The van der Waals surface area contributed by atoms with Gasteiger partial charge >= 0.3 is 0 Å². The van der Waals surface area contributed by atoms with E-state index < -0.39 is 0 Å². The van der Waals surface area contributed by atoms with Gasteiger partial charge < -0.3 is 0 Å². The first-order chi connectivity index (χ1) is 11.3. The van der Waals surface area contributed by atoms with Crippen molar-refractivity contribution in [3.8, 4) is 6.07 Å². The van der Waals surface area contributed by atoms with Gasteiger partial charge in [-0.1, -0.05) is 23.9 Å². The molecule has 3 unspecified atom stereocenters. The Morgan fingerprint density at radius 1 is 1.22 bits per heavy atom. The van der Waals surface area contributed by atoms with Crippen molar-refractivity contribution in [2.45, 2.75) is 36.1 Å². The van der Waals surface area contributed by atoms with Crippen molar-refractivity contribution in [3.63, 3.8) is 0 Å². The van der Waals surface area contributed by atoms with Gasteiger partial charge in [0.2, 0.25) is 0 Å². The number of hydrogen-bond acceptors (Lipinski definition) is 6. The van der Waals surface area contributed by atoms with E-state index in [4.69, 9.17) is 5.26 Å². The van der Waals surface area contributed by atoms with Crippen molar-refractivity contribution < 1.29 is 0 Å². The van der Waals surface area contributed by atoms with Crippen LogP contribution in [0, 0.1) is 17.2 Å². The highest BCUT2D eigenvalue weighted by atomic mass is 32.2. The van der Waals surface area contributed by atoms with Crippen LogP contribution >= 0.6 is 23.5 Å². The van der Waals surface area contributed by atoms with Crippen molar-refractivity contribution in [3.05, 3.63) is 41.1 Å². The molecule has 23 heavy (non-hydrogen) atoms. The average molecular weight is 342 g/mol. The van der Waals surface area contributed by atoms with Crippen LogP contribution in [0.5, 0.6) is 0 Å². The van der Waals surface area contributed by atoms with Gasteiger partial charge in [0.15, 0.2) is 0 Å². The fourth-order valence-electron chi connectivity index (χ4n) is 3.59. The van der Waals surface area contributed by atoms with Crippen LogP contribution in [0.1, 0.15) is 42.1 Å². The maximum absolute atomic E-state index is 8.86. The molecule has 3 heterocycles. The minimum atomic E-state index is 0.468. The highest BCUT2D eigenvalue weighted by Gasteiger charge is 2.36. The second-order valence-corrected chi connectivity index (χ2v) is 7.79. The van der Waals surface area contributed by atoms with Gasteiger partial charge in [0, 0.05) is 12.3 Å². The van der Waals surface area contributed by atoms with Crippen LogP contribution in [0.3, 0.4) is 0 Å². The number of aromatic nitrogens is 2. The molecule has 2 saturated heterocycles. The maximum Gasteiger partial charge on any atom is 0.135 e. The van der Waals surface area contributed by atoms with Gasteiger partial charge in [-0.3, -0.25) is 4.90 Å². The molecular weight excluding hydrogens is 324 g/mol. The van der Waals surface area contributed by atoms with Gasteiger partial charge in [0.05, 0.1) is 29.4 Å². The van der Waals surface area contributed by atoms with Crippen LogP contribution in [-0.2, 0) is 5.75 Å². The molecule has 2 bridgehead atoms. The first kappa shape index (κ1) is 15.1. The van der Waals surface area contributed by atoms with Gasteiger partial charge in [-0.2, -0.15) is 14.0 Å². The van der Waals surface area contributed by atoms with Crippen LogP contribution in [0.15, 0.2) is 29.3 Å². The topological polar surface area (TPSA) is 52.8 Å². The van der Waals surface area contributed by atoms with Crippen molar-refractivity contribution >= 4 is 23.5 Å². The Morgan fingerprint density at radius 2 is 2.09 bits per heavy atom. The molecule has 0 aliphatic carbocycles. The molecule has 2 fully saturated rings. The SMILES string of the molecule is N#Cc1ccc(CSc2nsnc2C2CCC3CCN2C3)cc1. The fraction of sp³-hybridized carbons (Fsp3) is 0.471. The molecule has 0 amide bonds. The summed E-state index contributed by atoms with van der Waals surface area (Å²) >= 11 is 3.10. The smallest absolute Gasteiger partial charge is 0.135 e. The Morgan fingerprint density at radius 3 is 2.91 bits per heavy atom. The molecule has 1 aromatic carbocycles. The Hall–Kier alpha value is -1.42. The van der Waals surface area contributed by atoms with E-state index in [1.54, 1.807) is 11.8 Å². The van der Waals surface area contributed by atoms with Crippen LogP contribution in [0.2, 0.25) is 0 Å². The van der Waals surface area contributed by atoms with Crippen LogP contribution in [0.4, 0.5) is 0 Å². The number of rotatable bonds is 4. The summed E-state index contributed by atoms with van der Waals surface area (Å²) in [5, 5.41) is 9.96. The number of nitriles is 1. The first-order valence-electron chi connectivity index (χ1n) is 8.02. The number of piperidine rings is 1. The maximum atomic E-state index is 8.86. The Bertz CT molecular complexity index is 719.